The first-order valence-corrected chi connectivity index (χ1v) is 9.08. The fourth-order valence-corrected chi connectivity index (χ4v) is 2.92. The second kappa shape index (κ2) is 7.58. The van der Waals surface area contributed by atoms with Gasteiger partial charge in [-0.3, -0.25) is 4.79 Å². The number of sulfonamides is 1. The Morgan fingerprint density at radius 2 is 1.68 bits per heavy atom. The molecule has 0 spiro atoms. The third-order valence-corrected chi connectivity index (χ3v) is 5.05. The number of Topliss-reactive ketones (excluding diaryl/α,β-unsaturated/α-hetero) is 1. The van der Waals surface area contributed by atoms with Crippen molar-refractivity contribution < 1.29 is 22.7 Å². The number of rotatable bonds is 6. The summed E-state index contributed by atoms with van der Waals surface area (Å²) < 4.78 is 31.0. The molecule has 0 heterocycles. The van der Waals surface area contributed by atoms with Crippen LogP contribution in [0.1, 0.15) is 33.2 Å². The van der Waals surface area contributed by atoms with Crippen molar-refractivity contribution >= 4 is 21.8 Å². The average molecular weight is 361 g/mol. The van der Waals surface area contributed by atoms with E-state index in [9.17, 15) is 18.0 Å². The topological polar surface area (TPSA) is 89.5 Å². The van der Waals surface area contributed by atoms with Crippen molar-refractivity contribution in [2.75, 3.05) is 7.05 Å². The van der Waals surface area contributed by atoms with Gasteiger partial charge in [0.05, 0.1) is 10.5 Å². The first-order chi connectivity index (χ1) is 11.7. The van der Waals surface area contributed by atoms with Gasteiger partial charge in [-0.05, 0) is 39.1 Å². The summed E-state index contributed by atoms with van der Waals surface area (Å²) in [6.45, 7) is 3.39. The summed E-state index contributed by atoms with van der Waals surface area (Å²) in [6, 6.07) is 12.4. The van der Waals surface area contributed by atoms with Crippen LogP contribution < -0.4 is 4.72 Å². The Hall–Kier alpha value is -2.51. The van der Waals surface area contributed by atoms with E-state index in [2.05, 4.69) is 4.72 Å². The lowest BCUT2D eigenvalue weighted by molar-refractivity contribution is 0.0318. The number of carbonyl (C=O) groups excluding carboxylic acids is 2. The van der Waals surface area contributed by atoms with Gasteiger partial charge in [0, 0.05) is 5.56 Å². The van der Waals surface area contributed by atoms with Gasteiger partial charge in [0.1, 0.15) is 0 Å². The number of hydrogen-bond donors (Lipinski definition) is 1. The summed E-state index contributed by atoms with van der Waals surface area (Å²) in [7, 11) is -2.39. The van der Waals surface area contributed by atoms with E-state index in [4.69, 9.17) is 4.74 Å². The molecule has 0 fully saturated rings. The van der Waals surface area contributed by atoms with Crippen LogP contribution in [0.2, 0.25) is 0 Å². The van der Waals surface area contributed by atoms with Gasteiger partial charge in [-0.25, -0.2) is 17.9 Å². The number of hydrogen-bond acceptors (Lipinski definition) is 5. The summed E-state index contributed by atoms with van der Waals surface area (Å²) >= 11 is 0. The Balaban J connectivity index is 2.15. The molecular formula is C18H19NO5S. The molecule has 2 aromatic carbocycles. The van der Waals surface area contributed by atoms with Crippen LogP contribution in [0, 0.1) is 6.92 Å². The molecule has 132 valence electrons. The van der Waals surface area contributed by atoms with E-state index in [-0.39, 0.29) is 16.2 Å². The van der Waals surface area contributed by atoms with E-state index in [0.29, 0.717) is 5.56 Å². The van der Waals surface area contributed by atoms with Crippen molar-refractivity contribution in [3.63, 3.8) is 0 Å². The lowest BCUT2D eigenvalue weighted by atomic mass is 10.1. The fraction of sp³-hybridized carbons (Fsp3) is 0.222. The van der Waals surface area contributed by atoms with Crippen molar-refractivity contribution in [2.45, 2.75) is 24.8 Å². The normalized spacial score (nSPS) is 12.4. The van der Waals surface area contributed by atoms with Gasteiger partial charge in [-0.2, -0.15) is 0 Å². The molecule has 0 aliphatic rings. The molecule has 0 aliphatic carbocycles. The summed E-state index contributed by atoms with van der Waals surface area (Å²) in [5.74, 6) is -1.09. The van der Waals surface area contributed by atoms with Gasteiger partial charge in [-0.15, -0.1) is 0 Å². The summed E-state index contributed by atoms with van der Waals surface area (Å²) in [5.41, 5.74) is 1.51. The smallest absolute Gasteiger partial charge is 0.338 e. The zero-order chi connectivity index (χ0) is 18.6. The molecule has 1 atom stereocenters. The van der Waals surface area contributed by atoms with Crippen LogP contribution in [0.5, 0.6) is 0 Å². The SMILES string of the molecule is CNS(=O)(=O)c1cccc(C(=O)O[C@@H](C)C(=O)c2ccc(C)cc2)c1. The zero-order valence-electron chi connectivity index (χ0n) is 14.1. The van der Waals surface area contributed by atoms with E-state index in [1.807, 2.05) is 6.92 Å². The Kier molecular flexibility index (Phi) is 5.71. The Morgan fingerprint density at radius 3 is 2.28 bits per heavy atom. The van der Waals surface area contributed by atoms with Crippen molar-refractivity contribution in [3.8, 4) is 0 Å². The number of aryl methyl sites for hydroxylation is 1. The molecule has 7 heteroatoms. The van der Waals surface area contributed by atoms with E-state index >= 15 is 0 Å². The Bertz CT molecular complexity index is 888. The van der Waals surface area contributed by atoms with Gasteiger partial charge < -0.3 is 4.74 Å². The summed E-state index contributed by atoms with van der Waals surface area (Å²) in [5, 5.41) is 0. The average Bonchev–Trinajstić information content (AvgIpc) is 2.61. The molecule has 0 bridgehead atoms. The molecule has 2 rings (SSSR count). The number of esters is 1. The monoisotopic (exact) mass is 361 g/mol. The summed E-state index contributed by atoms with van der Waals surface area (Å²) in [4.78, 5) is 24.5. The predicted molar refractivity (Wildman–Crippen MR) is 93.1 cm³/mol. The molecule has 6 nitrogen and oxygen atoms in total. The molecule has 0 saturated carbocycles. The lowest BCUT2D eigenvalue weighted by Crippen LogP contribution is -2.25. The fourth-order valence-electron chi connectivity index (χ4n) is 2.14. The number of benzene rings is 2. The maximum Gasteiger partial charge on any atom is 0.338 e. The number of ketones is 1. The third kappa shape index (κ3) is 4.52. The largest absolute Gasteiger partial charge is 0.451 e. The molecular weight excluding hydrogens is 342 g/mol. The van der Waals surface area contributed by atoms with Crippen LogP contribution in [0.4, 0.5) is 0 Å². The highest BCUT2D eigenvalue weighted by Gasteiger charge is 2.21. The first-order valence-electron chi connectivity index (χ1n) is 7.60. The van der Waals surface area contributed by atoms with E-state index in [1.165, 1.54) is 38.2 Å². The van der Waals surface area contributed by atoms with Crippen molar-refractivity contribution in [2.24, 2.45) is 0 Å². The highest BCUT2D eigenvalue weighted by molar-refractivity contribution is 7.89. The molecule has 0 radical (unpaired) electrons. The van der Waals surface area contributed by atoms with Crippen LogP contribution in [-0.2, 0) is 14.8 Å². The molecule has 0 unspecified atom stereocenters. The highest BCUT2D eigenvalue weighted by Crippen LogP contribution is 2.14. The predicted octanol–water partition coefficient (Wildman–Crippen LogP) is 2.33. The molecule has 2 aromatic rings. The van der Waals surface area contributed by atoms with Crippen LogP contribution in [0.15, 0.2) is 53.4 Å². The second-order valence-electron chi connectivity index (χ2n) is 5.51. The quantitative estimate of drug-likeness (QED) is 0.630. The third-order valence-electron chi connectivity index (χ3n) is 3.64. The van der Waals surface area contributed by atoms with Crippen LogP contribution in [0.3, 0.4) is 0 Å². The molecule has 0 aromatic heterocycles. The van der Waals surface area contributed by atoms with Crippen molar-refractivity contribution in [1.82, 2.24) is 4.72 Å². The number of ether oxygens (including phenoxy) is 1. The van der Waals surface area contributed by atoms with Crippen molar-refractivity contribution in [1.29, 1.82) is 0 Å². The molecule has 25 heavy (non-hydrogen) atoms. The Morgan fingerprint density at radius 1 is 1.04 bits per heavy atom. The lowest BCUT2D eigenvalue weighted by Gasteiger charge is -2.13. The minimum atomic E-state index is -3.67. The molecule has 0 amide bonds. The van der Waals surface area contributed by atoms with Gasteiger partial charge in [0.2, 0.25) is 15.8 Å². The van der Waals surface area contributed by atoms with Crippen LogP contribution in [0.25, 0.3) is 0 Å². The van der Waals surface area contributed by atoms with Gasteiger partial charge in [0.25, 0.3) is 0 Å². The maximum atomic E-state index is 12.3. The maximum absolute atomic E-state index is 12.3. The van der Waals surface area contributed by atoms with Crippen LogP contribution >= 0.6 is 0 Å². The summed E-state index contributed by atoms with van der Waals surface area (Å²) in [6.07, 6.45) is -0.986. The minimum Gasteiger partial charge on any atom is -0.451 e. The van der Waals surface area contributed by atoms with E-state index in [0.717, 1.165) is 5.56 Å². The van der Waals surface area contributed by atoms with Crippen molar-refractivity contribution in [3.05, 3.63) is 65.2 Å². The van der Waals surface area contributed by atoms with Crippen LogP contribution in [-0.4, -0.2) is 33.3 Å². The zero-order valence-corrected chi connectivity index (χ0v) is 15.0. The number of nitrogens with one attached hydrogen (secondary N) is 1. The first kappa shape index (κ1) is 18.8. The standard InChI is InChI=1S/C18H19NO5S/c1-12-7-9-14(10-8-12)17(20)13(2)24-18(21)15-5-4-6-16(11-15)25(22,23)19-3/h4-11,13,19H,1-3H3/t13-/m0/s1. The Labute approximate surface area is 146 Å². The van der Waals surface area contributed by atoms with Gasteiger partial charge >= 0.3 is 5.97 Å². The highest BCUT2D eigenvalue weighted by atomic mass is 32.2. The van der Waals surface area contributed by atoms with E-state index in [1.54, 1.807) is 24.3 Å². The second-order valence-corrected chi connectivity index (χ2v) is 7.40. The molecule has 0 saturated heterocycles. The molecule has 0 aliphatic heterocycles. The number of carbonyl (C=O) groups is 2. The van der Waals surface area contributed by atoms with Gasteiger partial charge in [0.15, 0.2) is 6.10 Å². The minimum absolute atomic E-state index is 0.0537. The van der Waals surface area contributed by atoms with E-state index < -0.39 is 22.1 Å². The van der Waals surface area contributed by atoms with Gasteiger partial charge in [-0.1, -0.05) is 35.9 Å². The molecule has 1 N–H and O–H groups in total.